The van der Waals surface area contributed by atoms with Gasteiger partial charge in [-0.05, 0) is 62.4 Å². The summed E-state index contributed by atoms with van der Waals surface area (Å²) in [6, 6.07) is 12.4. The Bertz CT molecular complexity index is 1140. The van der Waals surface area contributed by atoms with Gasteiger partial charge in [0.05, 0.1) is 16.3 Å². The third-order valence-corrected chi connectivity index (χ3v) is 5.05. The van der Waals surface area contributed by atoms with Gasteiger partial charge in [-0.15, -0.1) is 0 Å². The van der Waals surface area contributed by atoms with Crippen LogP contribution in [-0.4, -0.2) is 22.6 Å². The SMILES string of the molecule is Cc1cc(/C=N\NC(=O)C(=O)Nc2ccc(Cl)c(Cl)c2)c(C)n1-c1ccc(F)cc1. The number of hydrazone groups is 1. The highest BCUT2D eigenvalue weighted by Crippen LogP contribution is 2.25. The maximum atomic E-state index is 13.2. The summed E-state index contributed by atoms with van der Waals surface area (Å²) in [5.74, 6) is -2.16. The number of aryl methyl sites for hydroxylation is 1. The molecule has 0 aliphatic carbocycles. The fraction of sp³-hybridized carbons (Fsp3) is 0.0952. The van der Waals surface area contributed by atoms with E-state index in [-0.39, 0.29) is 10.8 Å². The van der Waals surface area contributed by atoms with Gasteiger partial charge in [0.15, 0.2) is 0 Å². The van der Waals surface area contributed by atoms with Crippen molar-refractivity contribution in [2.45, 2.75) is 13.8 Å². The van der Waals surface area contributed by atoms with Gasteiger partial charge in [0.2, 0.25) is 0 Å². The van der Waals surface area contributed by atoms with Crippen molar-refractivity contribution < 1.29 is 14.0 Å². The van der Waals surface area contributed by atoms with Gasteiger partial charge in [-0.2, -0.15) is 5.10 Å². The lowest BCUT2D eigenvalue weighted by atomic mass is 10.2. The molecule has 154 valence electrons. The van der Waals surface area contributed by atoms with Crippen molar-refractivity contribution in [3.8, 4) is 5.69 Å². The highest BCUT2D eigenvalue weighted by molar-refractivity contribution is 6.42. The number of amides is 2. The molecule has 0 aliphatic rings. The molecule has 0 atom stereocenters. The van der Waals surface area contributed by atoms with Crippen LogP contribution in [0.3, 0.4) is 0 Å². The van der Waals surface area contributed by atoms with E-state index in [0.29, 0.717) is 10.7 Å². The van der Waals surface area contributed by atoms with Crippen LogP contribution in [-0.2, 0) is 9.59 Å². The molecule has 0 spiro atoms. The van der Waals surface area contributed by atoms with E-state index < -0.39 is 11.8 Å². The van der Waals surface area contributed by atoms with Gasteiger partial charge >= 0.3 is 11.8 Å². The number of carbonyl (C=O) groups excluding carboxylic acids is 2. The Morgan fingerprint density at radius 2 is 1.70 bits per heavy atom. The maximum absolute atomic E-state index is 13.2. The number of nitrogens with one attached hydrogen (secondary N) is 2. The van der Waals surface area contributed by atoms with Crippen molar-refractivity contribution in [2.24, 2.45) is 5.10 Å². The van der Waals surface area contributed by atoms with E-state index in [2.05, 4.69) is 15.8 Å². The van der Waals surface area contributed by atoms with Gasteiger partial charge in [0.25, 0.3) is 0 Å². The summed E-state index contributed by atoms with van der Waals surface area (Å²) in [6.45, 7) is 3.77. The van der Waals surface area contributed by atoms with Crippen LogP contribution in [0.1, 0.15) is 17.0 Å². The molecule has 1 heterocycles. The quantitative estimate of drug-likeness (QED) is 0.348. The van der Waals surface area contributed by atoms with Gasteiger partial charge in [-0.3, -0.25) is 9.59 Å². The van der Waals surface area contributed by atoms with Crippen molar-refractivity contribution in [3.63, 3.8) is 0 Å². The van der Waals surface area contributed by atoms with Crippen LogP contribution in [0.5, 0.6) is 0 Å². The number of halogens is 3. The standard InChI is InChI=1S/C21H17Cl2FN4O2/c1-12-9-14(13(2)28(12)17-6-3-15(24)4-7-17)11-25-27-21(30)20(29)26-16-5-8-18(22)19(23)10-16/h3-11H,1-2H3,(H,26,29)(H,27,30)/b25-11-. The Morgan fingerprint density at radius 3 is 2.37 bits per heavy atom. The van der Waals surface area contributed by atoms with Crippen LogP contribution in [0.4, 0.5) is 10.1 Å². The average molecular weight is 447 g/mol. The lowest BCUT2D eigenvalue weighted by Crippen LogP contribution is -2.32. The Labute approximate surface area is 182 Å². The number of benzene rings is 2. The van der Waals surface area contributed by atoms with Crippen molar-refractivity contribution in [1.29, 1.82) is 0 Å². The molecule has 30 heavy (non-hydrogen) atoms. The molecule has 0 saturated heterocycles. The molecule has 0 aliphatic heterocycles. The summed E-state index contributed by atoms with van der Waals surface area (Å²) in [4.78, 5) is 23.9. The van der Waals surface area contributed by atoms with Gasteiger partial charge in [-0.1, -0.05) is 23.2 Å². The minimum absolute atomic E-state index is 0.254. The molecule has 9 heteroatoms. The number of anilines is 1. The van der Waals surface area contributed by atoms with E-state index in [1.807, 2.05) is 24.5 Å². The Balaban J connectivity index is 1.66. The summed E-state index contributed by atoms with van der Waals surface area (Å²) in [5.41, 5.74) is 5.80. The average Bonchev–Trinajstić information content (AvgIpc) is 2.99. The van der Waals surface area contributed by atoms with Crippen LogP contribution >= 0.6 is 23.2 Å². The fourth-order valence-corrected chi connectivity index (χ4v) is 3.18. The normalized spacial score (nSPS) is 11.0. The second-order valence-electron chi connectivity index (χ2n) is 6.42. The Morgan fingerprint density at radius 1 is 1.00 bits per heavy atom. The molecule has 0 unspecified atom stereocenters. The highest BCUT2D eigenvalue weighted by Gasteiger charge is 2.14. The molecule has 2 amide bonds. The largest absolute Gasteiger partial charge is 0.329 e. The fourth-order valence-electron chi connectivity index (χ4n) is 2.88. The van der Waals surface area contributed by atoms with E-state index in [9.17, 15) is 14.0 Å². The number of hydrogen-bond donors (Lipinski definition) is 2. The zero-order chi connectivity index (χ0) is 21.8. The maximum Gasteiger partial charge on any atom is 0.329 e. The highest BCUT2D eigenvalue weighted by atomic mass is 35.5. The number of rotatable bonds is 4. The minimum atomic E-state index is -0.940. The molecule has 2 N–H and O–H groups in total. The van der Waals surface area contributed by atoms with Gasteiger partial charge in [0.1, 0.15) is 5.82 Å². The first kappa shape index (κ1) is 21.5. The monoisotopic (exact) mass is 446 g/mol. The van der Waals surface area contributed by atoms with Crippen molar-refractivity contribution >= 4 is 46.9 Å². The van der Waals surface area contributed by atoms with Crippen LogP contribution in [0.2, 0.25) is 10.0 Å². The Kier molecular flexibility index (Phi) is 6.54. The zero-order valence-corrected chi connectivity index (χ0v) is 17.6. The molecular formula is C21H17Cl2FN4O2. The van der Waals surface area contributed by atoms with Crippen LogP contribution < -0.4 is 10.7 Å². The van der Waals surface area contributed by atoms with Gasteiger partial charge in [-0.25, -0.2) is 9.82 Å². The molecule has 6 nitrogen and oxygen atoms in total. The molecule has 0 fully saturated rings. The van der Waals surface area contributed by atoms with E-state index in [1.165, 1.54) is 36.5 Å². The summed E-state index contributed by atoms with van der Waals surface area (Å²) in [7, 11) is 0. The number of carbonyl (C=O) groups is 2. The van der Waals surface area contributed by atoms with E-state index >= 15 is 0 Å². The second kappa shape index (κ2) is 9.11. The Hall–Kier alpha value is -3.16. The van der Waals surface area contributed by atoms with Crippen LogP contribution in [0.15, 0.2) is 53.6 Å². The summed E-state index contributed by atoms with van der Waals surface area (Å²) in [5, 5.41) is 6.85. The summed E-state index contributed by atoms with van der Waals surface area (Å²) in [6.07, 6.45) is 1.44. The van der Waals surface area contributed by atoms with Gasteiger partial charge in [0, 0.05) is 28.3 Å². The lowest BCUT2D eigenvalue weighted by Gasteiger charge is -2.09. The minimum Gasteiger partial charge on any atom is -0.318 e. The van der Waals surface area contributed by atoms with E-state index in [0.717, 1.165) is 22.6 Å². The van der Waals surface area contributed by atoms with Crippen LogP contribution in [0, 0.1) is 19.7 Å². The number of hydrogen-bond acceptors (Lipinski definition) is 3. The second-order valence-corrected chi connectivity index (χ2v) is 7.23. The van der Waals surface area contributed by atoms with Crippen molar-refractivity contribution in [1.82, 2.24) is 9.99 Å². The molecule has 0 radical (unpaired) electrons. The molecule has 3 aromatic rings. The number of nitrogens with zero attached hydrogens (tertiary/aromatic N) is 2. The first-order valence-electron chi connectivity index (χ1n) is 8.80. The van der Waals surface area contributed by atoms with Crippen molar-refractivity contribution in [3.05, 3.63) is 81.3 Å². The molecular weight excluding hydrogens is 430 g/mol. The molecule has 0 bridgehead atoms. The third-order valence-electron chi connectivity index (χ3n) is 4.31. The lowest BCUT2D eigenvalue weighted by molar-refractivity contribution is -0.136. The van der Waals surface area contributed by atoms with Crippen LogP contribution in [0.25, 0.3) is 5.69 Å². The molecule has 3 rings (SSSR count). The summed E-state index contributed by atoms with van der Waals surface area (Å²) >= 11 is 11.7. The summed E-state index contributed by atoms with van der Waals surface area (Å²) < 4.78 is 15.1. The molecule has 0 saturated carbocycles. The van der Waals surface area contributed by atoms with E-state index in [4.69, 9.17) is 23.2 Å². The topological polar surface area (TPSA) is 75.5 Å². The molecule has 2 aromatic carbocycles. The number of aromatic nitrogens is 1. The predicted molar refractivity (Wildman–Crippen MR) is 116 cm³/mol. The van der Waals surface area contributed by atoms with E-state index in [1.54, 1.807) is 12.1 Å². The predicted octanol–water partition coefficient (Wildman–Crippen LogP) is 4.63. The first-order chi connectivity index (χ1) is 14.3. The zero-order valence-electron chi connectivity index (χ0n) is 16.0. The molecule has 1 aromatic heterocycles. The van der Waals surface area contributed by atoms with Gasteiger partial charge < -0.3 is 9.88 Å². The van der Waals surface area contributed by atoms with Crippen molar-refractivity contribution in [2.75, 3.05) is 5.32 Å². The first-order valence-corrected chi connectivity index (χ1v) is 9.56. The smallest absolute Gasteiger partial charge is 0.318 e. The third kappa shape index (κ3) is 4.87.